The van der Waals surface area contributed by atoms with Crippen molar-refractivity contribution < 1.29 is 4.79 Å². The minimum atomic E-state index is -0.0431. The molecule has 1 amide bonds. The van der Waals surface area contributed by atoms with E-state index < -0.39 is 0 Å². The maximum absolute atomic E-state index is 11.8. The number of hydrogen-bond donors (Lipinski definition) is 2. The number of H-pyrrole nitrogens is 1. The first-order chi connectivity index (χ1) is 9.16. The standard InChI is InChI=1S/C12H13BrN4OS/c1-8(9-4-2-3-5-10(9)13)16-11(18)6-19-12-14-7-15-17-12/h2-5,7-8H,6H2,1H3,(H,16,18)(H,14,15,17). The van der Waals surface area contributed by atoms with E-state index >= 15 is 0 Å². The lowest BCUT2D eigenvalue weighted by atomic mass is 10.1. The molecule has 1 atom stereocenters. The number of hydrogen-bond acceptors (Lipinski definition) is 4. The van der Waals surface area contributed by atoms with Crippen molar-refractivity contribution in [2.45, 2.75) is 18.1 Å². The second kappa shape index (κ2) is 6.72. The van der Waals surface area contributed by atoms with E-state index in [0.29, 0.717) is 10.9 Å². The summed E-state index contributed by atoms with van der Waals surface area (Å²) >= 11 is 4.80. The molecule has 2 aromatic rings. The molecule has 1 aromatic carbocycles. The van der Waals surface area contributed by atoms with Crippen LogP contribution in [0.25, 0.3) is 0 Å². The van der Waals surface area contributed by atoms with E-state index in [1.54, 1.807) is 0 Å². The van der Waals surface area contributed by atoms with E-state index in [2.05, 4.69) is 36.4 Å². The molecule has 0 fully saturated rings. The van der Waals surface area contributed by atoms with Gasteiger partial charge in [0, 0.05) is 4.47 Å². The van der Waals surface area contributed by atoms with Crippen molar-refractivity contribution >= 4 is 33.6 Å². The second-order valence-corrected chi connectivity index (χ2v) is 5.71. The molecule has 1 aromatic heterocycles. The van der Waals surface area contributed by atoms with Crippen LogP contribution in [0.3, 0.4) is 0 Å². The monoisotopic (exact) mass is 340 g/mol. The summed E-state index contributed by atoms with van der Waals surface area (Å²) in [4.78, 5) is 15.8. The van der Waals surface area contributed by atoms with Crippen molar-refractivity contribution in [1.29, 1.82) is 0 Å². The van der Waals surface area contributed by atoms with Gasteiger partial charge in [0.2, 0.25) is 5.91 Å². The number of aromatic amines is 1. The van der Waals surface area contributed by atoms with Crippen LogP contribution in [0.5, 0.6) is 0 Å². The first kappa shape index (κ1) is 14.1. The van der Waals surface area contributed by atoms with Crippen LogP contribution in [-0.4, -0.2) is 26.8 Å². The Kier molecular flexibility index (Phi) is 4.98. The Morgan fingerprint density at radius 1 is 1.53 bits per heavy atom. The summed E-state index contributed by atoms with van der Waals surface area (Å²) in [6.45, 7) is 1.96. The van der Waals surface area contributed by atoms with Gasteiger partial charge in [-0.3, -0.25) is 9.89 Å². The molecular weight excluding hydrogens is 328 g/mol. The quantitative estimate of drug-likeness (QED) is 0.820. The number of amides is 1. The third-order valence-electron chi connectivity index (χ3n) is 2.48. The maximum Gasteiger partial charge on any atom is 0.230 e. The number of rotatable bonds is 5. The zero-order chi connectivity index (χ0) is 13.7. The fourth-order valence-electron chi connectivity index (χ4n) is 1.58. The highest BCUT2D eigenvalue weighted by Gasteiger charge is 2.12. The molecule has 19 heavy (non-hydrogen) atoms. The first-order valence-electron chi connectivity index (χ1n) is 5.69. The molecule has 1 heterocycles. The van der Waals surface area contributed by atoms with Crippen LogP contribution in [0.15, 0.2) is 40.2 Å². The van der Waals surface area contributed by atoms with Gasteiger partial charge in [-0.05, 0) is 18.6 Å². The Labute approximate surface area is 123 Å². The number of nitrogens with one attached hydrogen (secondary N) is 2. The summed E-state index contributed by atoms with van der Waals surface area (Å²) in [7, 11) is 0. The molecule has 5 nitrogen and oxygen atoms in total. The molecule has 0 aliphatic rings. The minimum Gasteiger partial charge on any atom is -0.349 e. The summed E-state index contributed by atoms with van der Waals surface area (Å²) in [5.41, 5.74) is 1.06. The van der Waals surface area contributed by atoms with E-state index in [-0.39, 0.29) is 11.9 Å². The van der Waals surface area contributed by atoms with Gasteiger partial charge in [-0.25, -0.2) is 4.98 Å². The molecule has 0 radical (unpaired) electrons. The van der Waals surface area contributed by atoms with Gasteiger partial charge in [0.15, 0.2) is 5.16 Å². The van der Waals surface area contributed by atoms with Gasteiger partial charge >= 0.3 is 0 Å². The third-order valence-corrected chi connectivity index (χ3v) is 4.08. The summed E-state index contributed by atoms with van der Waals surface area (Å²) in [6, 6.07) is 7.80. The average Bonchev–Trinajstić information content (AvgIpc) is 2.90. The lowest BCUT2D eigenvalue weighted by molar-refractivity contribution is -0.119. The van der Waals surface area contributed by atoms with Crippen LogP contribution < -0.4 is 5.32 Å². The van der Waals surface area contributed by atoms with Crippen LogP contribution in [0.1, 0.15) is 18.5 Å². The van der Waals surface area contributed by atoms with Crippen molar-refractivity contribution in [2.24, 2.45) is 0 Å². The van der Waals surface area contributed by atoms with Gasteiger partial charge < -0.3 is 5.32 Å². The van der Waals surface area contributed by atoms with E-state index in [9.17, 15) is 4.79 Å². The van der Waals surface area contributed by atoms with Crippen LogP contribution >= 0.6 is 27.7 Å². The van der Waals surface area contributed by atoms with Crippen molar-refractivity contribution in [3.8, 4) is 0 Å². The van der Waals surface area contributed by atoms with Crippen molar-refractivity contribution in [3.63, 3.8) is 0 Å². The Balaban J connectivity index is 1.87. The fraction of sp³-hybridized carbons (Fsp3) is 0.250. The molecule has 0 bridgehead atoms. The first-order valence-corrected chi connectivity index (χ1v) is 7.46. The lowest BCUT2D eigenvalue weighted by Crippen LogP contribution is -2.28. The number of nitrogens with zero attached hydrogens (tertiary/aromatic N) is 2. The molecule has 100 valence electrons. The molecule has 2 N–H and O–H groups in total. The van der Waals surface area contributed by atoms with Gasteiger partial charge in [-0.1, -0.05) is 45.9 Å². The number of benzene rings is 1. The van der Waals surface area contributed by atoms with Crippen molar-refractivity contribution in [2.75, 3.05) is 5.75 Å². The molecule has 0 aliphatic carbocycles. The molecule has 1 unspecified atom stereocenters. The number of carbonyl (C=O) groups excluding carboxylic acids is 1. The minimum absolute atomic E-state index is 0.0374. The maximum atomic E-state index is 11.8. The topological polar surface area (TPSA) is 70.7 Å². The third kappa shape index (κ3) is 4.07. The zero-order valence-electron chi connectivity index (χ0n) is 10.3. The van der Waals surface area contributed by atoms with E-state index in [1.165, 1.54) is 18.1 Å². The van der Waals surface area contributed by atoms with Gasteiger partial charge in [0.05, 0.1) is 11.8 Å². The number of thioether (sulfide) groups is 1. The predicted molar refractivity (Wildman–Crippen MR) is 77.8 cm³/mol. The highest BCUT2D eigenvalue weighted by Crippen LogP contribution is 2.22. The highest BCUT2D eigenvalue weighted by molar-refractivity contribution is 9.10. The molecule has 0 saturated carbocycles. The number of carbonyl (C=O) groups is 1. The van der Waals surface area contributed by atoms with Gasteiger partial charge in [-0.15, -0.1) is 0 Å². The van der Waals surface area contributed by atoms with Crippen LogP contribution in [0, 0.1) is 0 Å². The van der Waals surface area contributed by atoms with Crippen LogP contribution in [0.4, 0.5) is 0 Å². The fourth-order valence-corrected chi connectivity index (χ4v) is 2.80. The van der Waals surface area contributed by atoms with Gasteiger partial charge in [0.1, 0.15) is 6.33 Å². The molecule has 2 rings (SSSR count). The molecule has 0 aliphatic heterocycles. The second-order valence-electron chi connectivity index (χ2n) is 3.89. The largest absolute Gasteiger partial charge is 0.349 e. The summed E-state index contributed by atoms with van der Waals surface area (Å²) in [6.07, 6.45) is 1.42. The molecule has 7 heteroatoms. The van der Waals surface area contributed by atoms with Crippen LogP contribution in [0.2, 0.25) is 0 Å². The van der Waals surface area contributed by atoms with E-state index in [4.69, 9.17) is 0 Å². The van der Waals surface area contributed by atoms with Gasteiger partial charge in [-0.2, -0.15) is 5.10 Å². The molecule has 0 saturated heterocycles. The Morgan fingerprint density at radius 2 is 2.32 bits per heavy atom. The lowest BCUT2D eigenvalue weighted by Gasteiger charge is -2.15. The average molecular weight is 341 g/mol. The van der Waals surface area contributed by atoms with Crippen molar-refractivity contribution in [1.82, 2.24) is 20.5 Å². The normalized spacial score (nSPS) is 12.1. The Hall–Kier alpha value is -1.34. The number of aromatic nitrogens is 3. The SMILES string of the molecule is CC(NC(=O)CSc1ncn[nH]1)c1ccccc1Br. The summed E-state index contributed by atoms with van der Waals surface area (Å²) < 4.78 is 0.991. The van der Waals surface area contributed by atoms with Gasteiger partial charge in [0.25, 0.3) is 0 Å². The van der Waals surface area contributed by atoms with E-state index in [0.717, 1.165) is 10.0 Å². The Morgan fingerprint density at radius 3 is 3.00 bits per heavy atom. The Bertz CT molecular complexity index is 546. The molecule has 0 spiro atoms. The van der Waals surface area contributed by atoms with Crippen molar-refractivity contribution in [3.05, 3.63) is 40.6 Å². The smallest absolute Gasteiger partial charge is 0.230 e. The molecular formula is C12H13BrN4OS. The number of halogens is 1. The summed E-state index contributed by atoms with van der Waals surface area (Å²) in [5, 5.41) is 10.0. The van der Waals surface area contributed by atoms with Crippen LogP contribution in [-0.2, 0) is 4.79 Å². The van der Waals surface area contributed by atoms with E-state index in [1.807, 2.05) is 31.2 Å². The highest BCUT2D eigenvalue weighted by atomic mass is 79.9. The predicted octanol–water partition coefficient (Wildman–Crippen LogP) is 2.54. The summed E-state index contributed by atoms with van der Waals surface area (Å²) in [5.74, 6) is 0.272. The zero-order valence-corrected chi connectivity index (χ0v) is 12.7.